The van der Waals surface area contributed by atoms with Gasteiger partial charge in [-0.15, -0.1) is 6.54 Å². The Bertz CT molecular complexity index is 159. The number of carbonyl (C=O) groups excluding carboxylic acids is 1. The molecule has 3 nitrogen and oxygen atoms in total. The summed E-state index contributed by atoms with van der Waals surface area (Å²) in [5.41, 5.74) is 0. The Labute approximate surface area is 84.4 Å². The van der Waals surface area contributed by atoms with Gasteiger partial charge in [-0.25, -0.2) is 0 Å². The van der Waals surface area contributed by atoms with Gasteiger partial charge in [0.15, 0.2) is 0 Å². The monoisotopic (exact) mass is 209 g/mol. The van der Waals surface area contributed by atoms with Crippen molar-refractivity contribution in [1.82, 2.24) is 4.90 Å². The fourth-order valence-electron chi connectivity index (χ4n) is 1.34. The molecule has 0 atom stereocenters. The van der Waals surface area contributed by atoms with Gasteiger partial charge in [0.05, 0.1) is 0 Å². The second-order valence-corrected chi connectivity index (χ2v) is 2.92. The Morgan fingerprint density at radius 1 is 1.42 bits per heavy atom. The number of rotatable bonds is 1. The van der Waals surface area contributed by atoms with Gasteiger partial charge in [-0.05, 0) is 12.8 Å². The molecule has 12 heavy (non-hydrogen) atoms. The van der Waals surface area contributed by atoms with Crippen LogP contribution in [-0.2, 0) is 21.9 Å². The molecule has 4 heteroatoms. The van der Waals surface area contributed by atoms with Gasteiger partial charge in [-0.3, -0.25) is 4.79 Å². The Hall–Kier alpha value is -0.0505. The molecule has 69 valence electrons. The van der Waals surface area contributed by atoms with Crippen molar-refractivity contribution in [3.8, 4) is 0 Å². The maximum Gasteiger partial charge on any atom is 2.00 e. The summed E-state index contributed by atoms with van der Waals surface area (Å²) >= 11 is 0. The zero-order valence-electron chi connectivity index (χ0n) is 7.29. The van der Waals surface area contributed by atoms with Gasteiger partial charge < -0.3 is 17.6 Å². The number of piperazine rings is 1. The number of hydrogen-bond donors (Lipinski definition) is 0. The molecule has 0 unspecified atom stereocenters. The Balaban J connectivity index is 0.000000605. The van der Waals surface area contributed by atoms with E-state index in [1.165, 1.54) is 12.8 Å². The van der Waals surface area contributed by atoms with Crippen LogP contribution in [0.4, 0.5) is 0 Å². The van der Waals surface area contributed by atoms with Crippen LogP contribution in [0.15, 0.2) is 0 Å². The minimum atomic E-state index is 0. The van der Waals surface area contributed by atoms with Gasteiger partial charge in [0.1, 0.15) is 0 Å². The summed E-state index contributed by atoms with van der Waals surface area (Å²) in [6.07, 6.45) is 2.43. The van der Waals surface area contributed by atoms with Crippen molar-refractivity contribution in [2.24, 2.45) is 0 Å². The van der Waals surface area contributed by atoms with E-state index in [9.17, 15) is 4.79 Å². The van der Waals surface area contributed by atoms with E-state index in [0.29, 0.717) is 12.6 Å². The molecule has 1 saturated heterocycles. The van der Waals surface area contributed by atoms with Crippen molar-refractivity contribution < 1.29 is 21.9 Å². The van der Waals surface area contributed by atoms with E-state index >= 15 is 0 Å². The van der Waals surface area contributed by atoms with Crippen LogP contribution in [0, 0.1) is 7.43 Å². The van der Waals surface area contributed by atoms with Crippen LogP contribution < -0.4 is 0 Å². The first kappa shape index (κ1) is 11.9. The molecule has 2 aliphatic rings. The first-order valence-electron chi connectivity index (χ1n) is 3.80. The van der Waals surface area contributed by atoms with Crippen LogP contribution in [0.2, 0.25) is 0 Å². The van der Waals surface area contributed by atoms with Gasteiger partial charge >= 0.3 is 17.1 Å². The fraction of sp³-hybridized carbons (Fsp3) is 0.750. The molecule has 0 aromatic rings. The Kier molecular flexibility index (Phi) is 4.83. The van der Waals surface area contributed by atoms with Crippen molar-refractivity contribution in [2.45, 2.75) is 18.9 Å². The first-order valence-corrected chi connectivity index (χ1v) is 3.80. The molecule has 2 fully saturated rings. The third kappa shape index (κ3) is 2.47. The fourth-order valence-corrected chi connectivity index (χ4v) is 1.34. The van der Waals surface area contributed by atoms with E-state index in [1.54, 1.807) is 0 Å². The van der Waals surface area contributed by atoms with E-state index < -0.39 is 0 Å². The average molecular weight is 209 g/mol. The van der Waals surface area contributed by atoms with E-state index in [-0.39, 0.29) is 30.4 Å². The third-order valence-corrected chi connectivity index (χ3v) is 2.05. The van der Waals surface area contributed by atoms with Crippen LogP contribution >= 0.6 is 0 Å². The predicted octanol–water partition coefficient (Wildman–Crippen LogP) is 0.812. The molecule has 1 radical (unpaired) electrons. The summed E-state index contributed by atoms with van der Waals surface area (Å²) in [4.78, 5) is 13.1. The molecular formula is C8H14MnN2O. The summed E-state index contributed by atoms with van der Waals surface area (Å²) in [6.45, 7) is 2.14. The number of hydrogen-bond acceptors (Lipinski definition) is 1. The molecule has 0 spiro atoms. The van der Waals surface area contributed by atoms with Gasteiger partial charge in [0.25, 0.3) is 0 Å². The van der Waals surface area contributed by atoms with Gasteiger partial charge in [0.2, 0.25) is 5.91 Å². The molecule has 1 amide bonds. The normalized spacial score (nSPS) is 22.7. The zero-order chi connectivity index (χ0) is 6.97. The van der Waals surface area contributed by atoms with E-state index in [1.807, 2.05) is 4.90 Å². The quantitative estimate of drug-likeness (QED) is 0.465. The van der Waals surface area contributed by atoms with Crippen LogP contribution in [0.1, 0.15) is 12.8 Å². The SMILES string of the molecule is O=C1C[N-]CCN1C1CC1.[CH3-].[Mn+2]. The topological polar surface area (TPSA) is 34.4 Å². The molecule has 0 N–H and O–H groups in total. The summed E-state index contributed by atoms with van der Waals surface area (Å²) in [5, 5.41) is 4.03. The van der Waals surface area contributed by atoms with Gasteiger partial charge in [0, 0.05) is 12.6 Å². The number of nitrogens with zero attached hydrogens (tertiary/aromatic N) is 2. The van der Waals surface area contributed by atoms with Crippen molar-refractivity contribution in [2.75, 3.05) is 19.6 Å². The molecule has 1 saturated carbocycles. The van der Waals surface area contributed by atoms with Crippen LogP contribution in [0.5, 0.6) is 0 Å². The second-order valence-electron chi connectivity index (χ2n) is 2.92. The van der Waals surface area contributed by atoms with Crippen molar-refractivity contribution in [3.63, 3.8) is 0 Å². The van der Waals surface area contributed by atoms with Gasteiger partial charge in [-0.2, -0.15) is 0 Å². The summed E-state index contributed by atoms with van der Waals surface area (Å²) in [6, 6.07) is 0.586. The predicted molar refractivity (Wildman–Crippen MR) is 44.2 cm³/mol. The standard InChI is InChI=1S/C7H11N2O.CH3.Mn/c10-7-5-8-3-4-9(7)6-1-2-6;;/h6H,1-5H2;1H3;/q2*-1;+2. The summed E-state index contributed by atoms with van der Waals surface area (Å²) in [7, 11) is 0. The summed E-state index contributed by atoms with van der Waals surface area (Å²) < 4.78 is 0. The molecule has 0 aromatic heterocycles. The third-order valence-electron chi connectivity index (χ3n) is 2.05. The van der Waals surface area contributed by atoms with E-state index in [2.05, 4.69) is 5.32 Å². The van der Waals surface area contributed by atoms with Crippen molar-refractivity contribution >= 4 is 5.91 Å². The average Bonchev–Trinajstić information content (AvgIpc) is 2.71. The first-order chi connectivity index (χ1) is 4.88. The molecule has 1 aliphatic carbocycles. The summed E-state index contributed by atoms with van der Waals surface area (Å²) in [5.74, 6) is 0.230. The minimum Gasteiger partial charge on any atom is -0.653 e. The minimum absolute atomic E-state index is 0. The van der Waals surface area contributed by atoms with Crippen molar-refractivity contribution in [1.29, 1.82) is 0 Å². The number of carbonyl (C=O) groups is 1. The van der Waals surface area contributed by atoms with Crippen molar-refractivity contribution in [3.05, 3.63) is 12.7 Å². The largest absolute Gasteiger partial charge is 2.00 e. The van der Waals surface area contributed by atoms with Crippen LogP contribution in [-0.4, -0.2) is 36.5 Å². The van der Waals surface area contributed by atoms with Crippen LogP contribution in [0.3, 0.4) is 0 Å². The Morgan fingerprint density at radius 3 is 2.58 bits per heavy atom. The maximum atomic E-state index is 11.1. The number of amides is 1. The maximum absolute atomic E-state index is 11.1. The zero-order valence-corrected chi connectivity index (χ0v) is 8.47. The molecule has 1 aliphatic heterocycles. The molecule has 2 rings (SSSR count). The van der Waals surface area contributed by atoms with E-state index in [4.69, 9.17) is 0 Å². The molecular weight excluding hydrogens is 195 g/mol. The Morgan fingerprint density at radius 2 is 2.08 bits per heavy atom. The van der Waals surface area contributed by atoms with Gasteiger partial charge in [-0.1, -0.05) is 6.54 Å². The molecule has 1 heterocycles. The second kappa shape index (κ2) is 4.85. The smallest absolute Gasteiger partial charge is 0.653 e. The van der Waals surface area contributed by atoms with Crippen LogP contribution in [0.25, 0.3) is 5.32 Å². The van der Waals surface area contributed by atoms with E-state index in [0.717, 1.165) is 13.1 Å². The molecule has 0 aromatic carbocycles. The molecule has 0 bridgehead atoms.